The van der Waals surface area contributed by atoms with Gasteiger partial charge in [-0.1, -0.05) is 332 Å². The van der Waals surface area contributed by atoms with Crippen LogP contribution in [-0.4, -0.2) is 23.6 Å². The van der Waals surface area contributed by atoms with Crippen LogP contribution in [0.3, 0.4) is 0 Å². The third-order valence-corrected chi connectivity index (χ3v) is 30.8. The fourth-order valence-corrected chi connectivity index (χ4v) is 23.2. The van der Waals surface area contributed by atoms with Crippen LogP contribution >= 0.6 is 23.2 Å². The van der Waals surface area contributed by atoms with Gasteiger partial charge in [0.2, 0.25) is 0 Å². The van der Waals surface area contributed by atoms with Gasteiger partial charge in [0, 0.05) is 64.3 Å². The molecule has 4 amide bonds. The lowest BCUT2D eigenvalue weighted by molar-refractivity contribution is 0.0877. The average Bonchev–Trinajstić information content (AvgIpc) is 0.684. The summed E-state index contributed by atoms with van der Waals surface area (Å²) in [6.45, 7) is 43.1. The summed E-state index contributed by atoms with van der Waals surface area (Å²) in [6, 6.07) is 91.4. The average molecular weight is 1930 g/mol. The number of ether oxygens (including phenoxy) is 4. The monoisotopic (exact) mass is 1920 g/mol. The summed E-state index contributed by atoms with van der Waals surface area (Å²) < 4.78 is 29.3. The molecule has 20 aromatic carbocycles. The molecule has 3 aliphatic rings. The first-order valence-corrected chi connectivity index (χ1v) is 51.0. The van der Waals surface area contributed by atoms with Gasteiger partial charge in [-0.3, -0.25) is 19.2 Å². The van der Waals surface area contributed by atoms with Crippen LogP contribution in [0.2, 0.25) is 10.0 Å². The normalized spacial score (nSPS) is 13.9. The van der Waals surface area contributed by atoms with Gasteiger partial charge in [-0.05, 0) is 309 Å². The van der Waals surface area contributed by atoms with E-state index in [1.54, 1.807) is 0 Å². The van der Waals surface area contributed by atoms with Gasteiger partial charge in [0.15, 0.2) is 0 Å². The number of nitrogens with zero attached hydrogens (tertiary/aromatic N) is 2. The Morgan fingerprint density at radius 1 is 0.229 bits per heavy atom. The number of anilines is 2. The third-order valence-electron chi connectivity index (χ3n) is 30.2. The second-order valence-corrected chi connectivity index (χ2v) is 45.9. The number of benzene rings is 20. The number of rotatable bonds is 16. The number of para-hydroxylation sites is 2. The first-order valence-electron chi connectivity index (χ1n) is 50.3. The maximum Gasteiger partial charge on any atom is 0.266 e. The molecule has 0 saturated carbocycles. The Morgan fingerprint density at radius 2 is 0.465 bits per heavy atom. The molecule has 1 aliphatic carbocycles. The Kier molecular flexibility index (Phi) is 21.8. The fraction of sp³-hybridized carbons (Fsp3) is 0.212. The van der Waals surface area contributed by atoms with Gasteiger partial charge in [-0.25, -0.2) is 9.80 Å². The van der Waals surface area contributed by atoms with E-state index in [4.69, 9.17) is 42.1 Å². The second-order valence-electron chi connectivity index (χ2n) is 45.0. The zero-order valence-electron chi connectivity index (χ0n) is 84.9. The largest absolute Gasteiger partial charge is 0.457 e. The van der Waals surface area contributed by atoms with Crippen LogP contribution in [0.4, 0.5) is 11.4 Å². The molecular weight excluding hydrogens is 1810 g/mol. The van der Waals surface area contributed by atoms with Crippen molar-refractivity contribution < 1.29 is 38.1 Å². The topological polar surface area (TPSA) is 112 Å². The SMILES string of the molecule is CC(C)c1cccc(C(C)C)c1N1C(=O)c2cc(Oc3ccc(C(C)(C)C)cc3)c3c4cccc5c(-c6cc7cc8c(cc7cc6Cl)/C=C\c6cc7cc(Cl)c(-c9ccc%10c%11c(Oc%12ccc(C(C)(C)C)cc%12)cc%12c%13c(cc(Oc%14ccc(C(C)(C)C)cc%14)c(c%14cccc9c%14%10)c%13%11)C(=O)N(c9c(C(C)C)cccc9C(C)C)C%12=O)cc7cc6C=C8)ccc(c6c(Oc7ccc(C(C)(C)C)cc7)cc(c2c36)C1=O)c54. The van der Waals surface area contributed by atoms with Crippen LogP contribution in [0.1, 0.15) is 270 Å². The maximum atomic E-state index is 16.2. The van der Waals surface area contributed by atoms with E-state index in [2.05, 4.69) is 321 Å². The van der Waals surface area contributed by atoms with Gasteiger partial charge in [0.1, 0.15) is 46.0 Å². The Balaban J connectivity index is 0.662. The van der Waals surface area contributed by atoms with E-state index in [0.717, 1.165) is 175 Å². The van der Waals surface area contributed by atoms with Crippen LogP contribution in [0.5, 0.6) is 46.0 Å². The number of halogens is 2. The van der Waals surface area contributed by atoms with Gasteiger partial charge in [-0.15, -0.1) is 0 Å². The smallest absolute Gasteiger partial charge is 0.266 e. The van der Waals surface area contributed by atoms with Gasteiger partial charge < -0.3 is 18.9 Å². The first kappa shape index (κ1) is 92.8. The predicted molar refractivity (Wildman–Crippen MR) is 601 cm³/mol. The molecule has 0 saturated heterocycles. The summed E-state index contributed by atoms with van der Waals surface area (Å²) in [7, 11) is 0. The molecule has 10 nitrogen and oxygen atoms in total. The zero-order chi connectivity index (χ0) is 101. The molecule has 0 unspecified atom stereocenters. The lowest BCUT2D eigenvalue weighted by Crippen LogP contribution is -2.42. The number of amides is 4. The van der Waals surface area contributed by atoms with E-state index in [9.17, 15) is 0 Å². The van der Waals surface area contributed by atoms with Crippen LogP contribution in [0, 0.1) is 0 Å². The molecule has 0 bridgehead atoms. The molecule has 144 heavy (non-hydrogen) atoms. The van der Waals surface area contributed by atoms with Crippen LogP contribution in [-0.2, 0) is 21.7 Å². The number of imide groups is 2. The Labute approximate surface area is 850 Å². The highest BCUT2D eigenvalue weighted by atomic mass is 35.5. The van der Waals surface area contributed by atoms with Crippen molar-refractivity contribution in [3.05, 3.63) is 366 Å². The Morgan fingerprint density at radius 3 is 0.715 bits per heavy atom. The summed E-state index contributed by atoms with van der Waals surface area (Å²) in [6.07, 6.45) is 8.80. The lowest BCUT2D eigenvalue weighted by Gasteiger charge is -2.33. The highest BCUT2D eigenvalue weighted by Gasteiger charge is 2.44. The maximum absolute atomic E-state index is 16.2. The molecule has 0 aromatic heterocycles. The molecule has 0 spiro atoms. The molecule has 20 aromatic rings. The van der Waals surface area contributed by atoms with Gasteiger partial charge in [0.25, 0.3) is 23.6 Å². The zero-order valence-corrected chi connectivity index (χ0v) is 86.5. The summed E-state index contributed by atoms with van der Waals surface area (Å²) in [4.78, 5) is 67.8. The van der Waals surface area contributed by atoms with Gasteiger partial charge in [-0.2, -0.15) is 0 Å². The minimum atomic E-state index is -0.429. The molecule has 0 atom stereocenters. The van der Waals surface area contributed by atoms with Crippen molar-refractivity contribution in [2.75, 3.05) is 9.80 Å². The quantitative estimate of drug-likeness (QED) is 0.0534. The second kappa shape index (κ2) is 33.9. The van der Waals surface area contributed by atoms with Crippen LogP contribution < -0.4 is 28.7 Å². The van der Waals surface area contributed by atoms with Gasteiger partial charge >= 0.3 is 0 Å². The summed E-state index contributed by atoms with van der Waals surface area (Å²) in [5.41, 5.74) is 17.8. The molecule has 0 fully saturated rings. The summed E-state index contributed by atoms with van der Waals surface area (Å²) >= 11 is 15.6. The molecule has 0 radical (unpaired) electrons. The third kappa shape index (κ3) is 15.2. The molecule has 0 N–H and O–H groups in total. The van der Waals surface area contributed by atoms with Crippen LogP contribution in [0.25, 0.3) is 154 Å². The highest BCUT2D eigenvalue weighted by Crippen LogP contribution is 2.59. The number of carbonyl (C=O) groups excluding carboxylic acids is 4. The van der Waals surface area contributed by atoms with Gasteiger partial charge in [0.05, 0.1) is 33.6 Å². The van der Waals surface area contributed by atoms with E-state index in [1.807, 2.05) is 109 Å². The van der Waals surface area contributed by atoms with Crippen LogP contribution in [0.15, 0.2) is 267 Å². The number of hydrogen-bond acceptors (Lipinski definition) is 8. The van der Waals surface area contributed by atoms with Crippen molar-refractivity contribution in [1.29, 1.82) is 0 Å². The lowest BCUT2D eigenvalue weighted by atomic mass is 9.82. The number of fused-ring (bicyclic) bond motifs is 8. The Hall–Kier alpha value is -14.9. The number of hydrogen-bond donors (Lipinski definition) is 0. The minimum Gasteiger partial charge on any atom is -0.457 e. The predicted octanol–water partition coefficient (Wildman–Crippen LogP) is 37.8. The highest BCUT2D eigenvalue weighted by molar-refractivity contribution is 6.47. The summed E-state index contributed by atoms with van der Waals surface area (Å²) in [5, 5.41) is 17.6. The van der Waals surface area contributed by atoms with Crippen molar-refractivity contribution in [2.45, 2.75) is 184 Å². The van der Waals surface area contributed by atoms with E-state index in [1.165, 1.54) is 9.80 Å². The van der Waals surface area contributed by atoms with Crippen molar-refractivity contribution in [2.24, 2.45) is 0 Å². The molecular formula is C132H112Cl2N2O8. The summed E-state index contributed by atoms with van der Waals surface area (Å²) in [5.74, 6) is 2.37. The number of carbonyl (C=O) groups is 4. The van der Waals surface area contributed by atoms with Crippen molar-refractivity contribution in [3.8, 4) is 68.2 Å². The van der Waals surface area contributed by atoms with Crippen molar-refractivity contribution >= 4 is 190 Å². The van der Waals surface area contributed by atoms with Crippen molar-refractivity contribution in [3.63, 3.8) is 0 Å². The Bertz CT molecular complexity index is 8160. The van der Waals surface area contributed by atoms with E-state index in [-0.39, 0.29) is 45.3 Å². The molecule has 2 aliphatic heterocycles. The standard InChI is InChI=1S/C132H112Cl2N2O8/c1-69(2)89-25-21-26-90(70(3)4)123(89)135-125(137)103-65-109(141-85-45-37-81(38-46-85)129(9,10)11)117-97-31-23-29-95-93(53-55-99(113(95)97)119-111(67-105(127(135)139)115(103)121(117)119)143-87-49-41-83(42-50-87)131(15,16)17)101-61-77-57-73-33-34-74-58-78-62-102(108(134)64-80(78)60-76(74)36-35-75(73)59-79(77)63-107(101)133)94-54-56-100-114-96(94)30-24-32-98(114)118-110(142-86-47-39-82(40-48-86)130(12,13)14)66-104-116-106(68-112(120(100)122(116)118)144-88-51-43-84(44-52-88)132(18,19)20)128(140)136(126(104)138)124-91(71(5)6)27-22-28-92(124)72(7)8/h21-72H,1-20H3/b34-33?,36-35-,73-33?,74-34?,75-35?,76-36?. The van der Waals surface area contributed by atoms with Crippen molar-refractivity contribution in [1.82, 2.24) is 0 Å². The molecule has 23 rings (SSSR count). The first-order chi connectivity index (χ1) is 68.7. The van der Waals surface area contributed by atoms with E-state index in [0.29, 0.717) is 111 Å². The minimum absolute atomic E-state index is 0.0242. The molecule has 12 heteroatoms. The molecule has 712 valence electrons. The fourth-order valence-electron chi connectivity index (χ4n) is 22.6. The van der Waals surface area contributed by atoms with E-state index >= 15 is 19.2 Å². The molecule has 2 heterocycles. The van der Waals surface area contributed by atoms with E-state index < -0.39 is 23.6 Å².